The Morgan fingerprint density at radius 3 is 2.61 bits per heavy atom. The van der Waals surface area contributed by atoms with E-state index in [-0.39, 0.29) is 5.91 Å². The van der Waals surface area contributed by atoms with E-state index in [1.165, 1.54) is 0 Å². The van der Waals surface area contributed by atoms with Crippen LogP contribution in [-0.4, -0.2) is 42.0 Å². The molecule has 1 fully saturated rings. The number of aryl methyl sites for hydroxylation is 2. The van der Waals surface area contributed by atoms with Crippen LogP contribution in [0.5, 0.6) is 0 Å². The van der Waals surface area contributed by atoms with Crippen LogP contribution in [0.15, 0.2) is 24.3 Å². The van der Waals surface area contributed by atoms with Crippen LogP contribution >= 0.6 is 22.9 Å². The Morgan fingerprint density at radius 2 is 2.00 bits per heavy atom. The number of amides is 1. The van der Waals surface area contributed by atoms with E-state index in [4.69, 9.17) is 11.6 Å². The number of hydrogen-bond donors (Lipinski definition) is 0. The molecule has 0 radical (unpaired) electrons. The fraction of sp³-hybridized carbons (Fsp3) is 0.412. The molecule has 122 valence electrons. The number of benzene rings is 1. The number of carbonyl (C=O) groups is 1. The zero-order valence-electron chi connectivity index (χ0n) is 13.4. The highest BCUT2D eigenvalue weighted by atomic mass is 35.5. The van der Waals surface area contributed by atoms with Gasteiger partial charge in [0.15, 0.2) is 0 Å². The molecule has 23 heavy (non-hydrogen) atoms. The van der Waals surface area contributed by atoms with E-state index in [0.717, 1.165) is 52.5 Å². The molecular weight excluding hydrogens is 330 g/mol. The molecule has 0 N–H and O–H groups in total. The number of piperazine rings is 1. The summed E-state index contributed by atoms with van der Waals surface area (Å²) in [5.41, 5.74) is 2.11. The Morgan fingerprint density at radius 1 is 1.26 bits per heavy atom. The molecule has 2 aromatic rings. The van der Waals surface area contributed by atoms with Gasteiger partial charge in [0, 0.05) is 41.8 Å². The highest BCUT2D eigenvalue weighted by Crippen LogP contribution is 2.22. The molecule has 1 aromatic carbocycles. The van der Waals surface area contributed by atoms with E-state index in [1.54, 1.807) is 11.3 Å². The second-order valence-electron chi connectivity index (χ2n) is 5.77. The number of rotatable bonds is 3. The van der Waals surface area contributed by atoms with Crippen molar-refractivity contribution in [2.75, 3.05) is 31.1 Å². The van der Waals surface area contributed by atoms with Crippen molar-refractivity contribution in [1.29, 1.82) is 0 Å². The summed E-state index contributed by atoms with van der Waals surface area (Å²) < 4.78 is 0. The van der Waals surface area contributed by atoms with Gasteiger partial charge in [0.1, 0.15) is 0 Å². The van der Waals surface area contributed by atoms with Crippen LogP contribution in [0.4, 0.5) is 5.69 Å². The van der Waals surface area contributed by atoms with Crippen molar-refractivity contribution < 1.29 is 4.79 Å². The number of carbonyl (C=O) groups excluding carboxylic acids is 1. The van der Waals surface area contributed by atoms with Crippen LogP contribution in [0, 0.1) is 13.8 Å². The molecule has 1 amide bonds. The monoisotopic (exact) mass is 349 g/mol. The Kier molecular flexibility index (Phi) is 4.87. The zero-order chi connectivity index (χ0) is 16.4. The maximum absolute atomic E-state index is 12.5. The molecule has 0 saturated carbocycles. The lowest BCUT2D eigenvalue weighted by Crippen LogP contribution is -2.49. The molecular formula is C17H20ClN3OS. The number of nitrogens with zero attached hydrogens (tertiary/aromatic N) is 3. The normalized spacial score (nSPS) is 15.1. The average Bonchev–Trinajstić information content (AvgIpc) is 2.85. The van der Waals surface area contributed by atoms with E-state index in [0.29, 0.717) is 6.42 Å². The molecule has 6 heteroatoms. The molecule has 3 rings (SSSR count). The summed E-state index contributed by atoms with van der Waals surface area (Å²) in [6.45, 7) is 7.14. The van der Waals surface area contributed by atoms with Crippen molar-refractivity contribution in [3.63, 3.8) is 0 Å². The van der Waals surface area contributed by atoms with Crippen molar-refractivity contribution in [2.24, 2.45) is 0 Å². The first-order valence-corrected chi connectivity index (χ1v) is 8.93. The SMILES string of the molecule is Cc1nc(C)c(CC(=O)N2CCN(c3cccc(Cl)c3)CC2)s1. The van der Waals surface area contributed by atoms with Crippen molar-refractivity contribution in [2.45, 2.75) is 20.3 Å². The van der Waals surface area contributed by atoms with Crippen LogP contribution < -0.4 is 4.90 Å². The number of anilines is 1. The van der Waals surface area contributed by atoms with Gasteiger partial charge in [0.05, 0.1) is 17.1 Å². The van der Waals surface area contributed by atoms with Gasteiger partial charge in [0.2, 0.25) is 5.91 Å². The lowest BCUT2D eigenvalue weighted by atomic mass is 10.2. The van der Waals surface area contributed by atoms with Crippen LogP contribution in [0.1, 0.15) is 15.6 Å². The Labute approximate surface area is 145 Å². The Bertz CT molecular complexity index is 708. The standard InChI is InChI=1S/C17H20ClN3OS/c1-12-16(23-13(2)19-12)11-17(22)21-8-6-20(7-9-21)15-5-3-4-14(18)10-15/h3-5,10H,6-9,11H2,1-2H3. The summed E-state index contributed by atoms with van der Waals surface area (Å²) in [5, 5.41) is 1.77. The third kappa shape index (κ3) is 3.85. The van der Waals surface area contributed by atoms with Gasteiger partial charge < -0.3 is 9.80 Å². The molecule has 0 spiro atoms. The molecule has 1 aromatic heterocycles. The van der Waals surface area contributed by atoms with E-state index in [2.05, 4.69) is 16.0 Å². The minimum Gasteiger partial charge on any atom is -0.368 e. The van der Waals surface area contributed by atoms with Crippen LogP contribution in [0.3, 0.4) is 0 Å². The van der Waals surface area contributed by atoms with Crippen molar-refractivity contribution >= 4 is 34.5 Å². The molecule has 1 saturated heterocycles. The van der Waals surface area contributed by atoms with E-state index >= 15 is 0 Å². The first-order chi connectivity index (χ1) is 11.0. The summed E-state index contributed by atoms with van der Waals surface area (Å²) in [6, 6.07) is 7.88. The summed E-state index contributed by atoms with van der Waals surface area (Å²) >= 11 is 7.68. The largest absolute Gasteiger partial charge is 0.368 e. The molecule has 0 aliphatic carbocycles. The van der Waals surface area contributed by atoms with Gasteiger partial charge in [-0.1, -0.05) is 17.7 Å². The predicted octanol–water partition coefficient (Wildman–Crippen LogP) is 3.30. The van der Waals surface area contributed by atoms with Crippen LogP contribution in [-0.2, 0) is 11.2 Å². The number of aromatic nitrogens is 1. The maximum Gasteiger partial charge on any atom is 0.228 e. The quantitative estimate of drug-likeness (QED) is 0.853. The van der Waals surface area contributed by atoms with Crippen LogP contribution in [0.25, 0.3) is 0 Å². The van der Waals surface area contributed by atoms with Gasteiger partial charge in [-0.05, 0) is 32.0 Å². The highest BCUT2D eigenvalue weighted by molar-refractivity contribution is 7.11. The van der Waals surface area contributed by atoms with Gasteiger partial charge in [-0.3, -0.25) is 4.79 Å². The second-order valence-corrected chi connectivity index (χ2v) is 7.49. The number of halogens is 1. The molecule has 1 aliphatic heterocycles. The third-order valence-electron chi connectivity index (χ3n) is 4.12. The van der Waals surface area contributed by atoms with Gasteiger partial charge in [0.25, 0.3) is 0 Å². The third-order valence-corrected chi connectivity index (χ3v) is 5.43. The topological polar surface area (TPSA) is 36.4 Å². The molecule has 0 atom stereocenters. The fourth-order valence-corrected chi connectivity index (χ4v) is 3.99. The van der Waals surface area contributed by atoms with E-state index in [9.17, 15) is 4.79 Å². The fourth-order valence-electron chi connectivity index (χ4n) is 2.87. The summed E-state index contributed by atoms with van der Waals surface area (Å²) in [4.78, 5) is 22.2. The molecule has 1 aliphatic rings. The average molecular weight is 350 g/mol. The summed E-state index contributed by atoms with van der Waals surface area (Å²) in [7, 11) is 0. The summed E-state index contributed by atoms with van der Waals surface area (Å²) in [5.74, 6) is 0.197. The predicted molar refractivity (Wildman–Crippen MR) is 95.5 cm³/mol. The lowest BCUT2D eigenvalue weighted by molar-refractivity contribution is -0.130. The van der Waals surface area contributed by atoms with E-state index < -0.39 is 0 Å². The second kappa shape index (κ2) is 6.89. The highest BCUT2D eigenvalue weighted by Gasteiger charge is 2.22. The minimum absolute atomic E-state index is 0.197. The zero-order valence-corrected chi connectivity index (χ0v) is 15.0. The number of hydrogen-bond acceptors (Lipinski definition) is 4. The van der Waals surface area contributed by atoms with Gasteiger partial charge >= 0.3 is 0 Å². The van der Waals surface area contributed by atoms with Gasteiger partial charge in [-0.2, -0.15) is 0 Å². The maximum atomic E-state index is 12.5. The molecule has 4 nitrogen and oxygen atoms in total. The summed E-state index contributed by atoms with van der Waals surface area (Å²) in [6.07, 6.45) is 0.467. The minimum atomic E-state index is 0.197. The first-order valence-electron chi connectivity index (χ1n) is 7.74. The smallest absolute Gasteiger partial charge is 0.228 e. The van der Waals surface area contributed by atoms with Crippen LogP contribution in [0.2, 0.25) is 5.02 Å². The Hall–Kier alpha value is -1.59. The van der Waals surface area contributed by atoms with E-state index in [1.807, 2.05) is 36.9 Å². The van der Waals surface area contributed by atoms with Crippen molar-refractivity contribution in [3.05, 3.63) is 44.9 Å². The Balaban J connectivity index is 1.58. The van der Waals surface area contributed by atoms with Gasteiger partial charge in [-0.25, -0.2) is 4.98 Å². The lowest BCUT2D eigenvalue weighted by Gasteiger charge is -2.36. The molecule has 0 unspecified atom stereocenters. The molecule has 0 bridgehead atoms. The first kappa shape index (κ1) is 16.3. The van der Waals surface area contributed by atoms with Crippen molar-refractivity contribution in [1.82, 2.24) is 9.88 Å². The van der Waals surface area contributed by atoms with Crippen molar-refractivity contribution in [3.8, 4) is 0 Å². The number of thiazole rings is 1. The van der Waals surface area contributed by atoms with Gasteiger partial charge in [-0.15, -0.1) is 11.3 Å². The molecule has 2 heterocycles.